The lowest BCUT2D eigenvalue weighted by atomic mass is 10.1. The molecule has 0 heterocycles. The summed E-state index contributed by atoms with van der Waals surface area (Å²) in [5.74, 6) is 0.0409. The normalized spacial score (nSPS) is 13.7. The number of aliphatic hydroxyl groups excluding tert-OH is 1. The molecule has 0 amide bonds. The van der Waals surface area contributed by atoms with Crippen molar-refractivity contribution in [2.75, 3.05) is 6.61 Å². The standard InChI is InChI=1S/C14H23NO3S/c1-4-5-12-6-8-13(9-7-12)19(17,18)15-14(10-16)11(2)3/h6-9,11,14-16H,4-5,10H2,1-3H3. The van der Waals surface area contributed by atoms with E-state index in [0.717, 1.165) is 18.4 Å². The van der Waals surface area contributed by atoms with Gasteiger partial charge < -0.3 is 5.11 Å². The summed E-state index contributed by atoms with van der Waals surface area (Å²) in [6.07, 6.45) is 1.98. The van der Waals surface area contributed by atoms with Gasteiger partial charge in [-0.05, 0) is 30.0 Å². The third-order valence-electron chi connectivity index (χ3n) is 3.08. The molecule has 0 bridgehead atoms. The summed E-state index contributed by atoms with van der Waals surface area (Å²) in [7, 11) is -3.56. The SMILES string of the molecule is CCCc1ccc(S(=O)(=O)NC(CO)C(C)C)cc1. The van der Waals surface area contributed by atoms with Crippen molar-refractivity contribution in [3.63, 3.8) is 0 Å². The summed E-state index contributed by atoms with van der Waals surface area (Å²) < 4.78 is 26.8. The number of aryl methyl sites for hydroxylation is 1. The van der Waals surface area contributed by atoms with Gasteiger partial charge in [0.2, 0.25) is 10.0 Å². The zero-order chi connectivity index (χ0) is 14.5. The van der Waals surface area contributed by atoms with E-state index in [1.807, 2.05) is 26.0 Å². The second kappa shape index (κ2) is 7.03. The van der Waals surface area contributed by atoms with Crippen LogP contribution in [-0.4, -0.2) is 26.2 Å². The molecule has 1 rings (SSSR count). The summed E-state index contributed by atoms with van der Waals surface area (Å²) >= 11 is 0. The summed E-state index contributed by atoms with van der Waals surface area (Å²) in [5, 5.41) is 9.19. The molecule has 4 nitrogen and oxygen atoms in total. The van der Waals surface area contributed by atoms with Crippen LogP contribution in [0.5, 0.6) is 0 Å². The van der Waals surface area contributed by atoms with Crippen molar-refractivity contribution in [1.82, 2.24) is 4.72 Å². The van der Waals surface area contributed by atoms with Crippen LogP contribution in [-0.2, 0) is 16.4 Å². The number of nitrogens with one attached hydrogen (secondary N) is 1. The van der Waals surface area contributed by atoms with Crippen LogP contribution in [0.4, 0.5) is 0 Å². The predicted molar refractivity (Wildman–Crippen MR) is 76.5 cm³/mol. The van der Waals surface area contributed by atoms with Crippen molar-refractivity contribution in [2.24, 2.45) is 5.92 Å². The molecule has 0 saturated carbocycles. The van der Waals surface area contributed by atoms with E-state index in [1.165, 1.54) is 0 Å². The average Bonchev–Trinajstić information content (AvgIpc) is 2.37. The van der Waals surface area contributed by atoms with Crippen molar-refractivity contribution in [3.8, 4) is 0 Å². The molecule has 19 heavy (non-hydrogen) atoms. The second-order valence-corrected chi connectivity index (χ2v) is 6.76. The van der Waals surface area contributed by atoms with Crippen LogP contribution in [0.25, 0.3) is 0 Å². The molecule has 0 aliphatic carbocycles. The first-order valence-electron chi connectivity index (χ1n) is 6.62. The van der Waals surface area contributed by atoms with E-state index >= 15 is 0 Å². The van der Waals surface area contributed by atoms with E-state index in [-0.39, 0.29) is 17.4 Å². The van der Waals surface area contributed by atoms with Crippen molar-refractivity contribution >= 4 is 10.0 Å². The Morgan fingerprint density at radius 3 is 2.21 bits per heavy atom. The molecule has 108 valence electrons. The van der Waals surface area contributed by atoms with Crippen molar-refractivity contribution < 1.29 is 13.5 Å². The van der Waals surface area contributed by atoms with Crippen LogP contribution in [0.2, 0.25) is 0 Å². The molecule has 1 aromatic rings. The molecule has 1 unspecified atom stereocenters. The number of benzene rings is 1. The number of aliphatic hydroxyl groups is 1. The fourth-order valence-electron chi connectivity index (χ4n) is 1.78. The maximum atomic E-state index is 12.2. The summed E-state index contributed by atoms with van der Waals surface area (Å²) in [6.45, 7) is 5.62. The lowest BCUT2D eigenvalue weighted by Gasteiger charge is -2.19. The molecule has 0 radical (unpaired) electrons. The van der Waals surface area contributed by atoms with Crippen LogP contribution in [0.3, 0.4) is 0 Å². The molecular weight excluding hydrogens is 262 g/mol. The maximum absolute atomic E-state index is 12.2. The molecule has 0 aromatic heterocycles. The smallest absolute Gasteiger partial charge is 0.240 e. The van der Waals surface area contributed by atoms with Crippen LogP contribution in [0, 0.1) is 5.92 Å². The molecule has 1 atom stereocenters. The van der Waals surface area contributed by atoms with Crippen LogP contribution >= 0.6 is 0 Å². The molecule has 5 heteroatoms. The first kappa shape index (κ1) is 16.1. The number of rotatable bonds is 7. The number of hydrogen-bond donors (Lipinski definition) is 2. The summed E-state index contributed by atoms with van der Waals surface area (Å²) in [6, 6.07) is 6.44. The monoisotopic (exact) mass is 285 g/mol. The number of sulfonamides is 1. The van der Waals surface area contributed by atoms with Gasteiger partial charge in [-0.2, -0.15) is 0 Å². The highest BCUT2D eigenvalue weighted by atomic mass is 32.2. The highest BCUT2D eigenvalue weighted by Crippen LogP contribution is 2.13. The van der Waals surface area contributed by atoms with Gasteiger partial charge in [0.05, 0.1) is 11.5 Å². The quantitative estimate of drug-likeness (QED) is 0.804. The molecule has 0 aliphatic heterocycles. The van der Waals surface area contributed by atoms with E-state index in [4.69, 9.17) is 0 Å². The highest BCUT2D eigenvalue weighted by Gasteiger charge is 2.21. The minimum absolute atomic E-state index is 0.0409. The van der Waals surface area contributed by atoms with Gasteiger partial charge in [0.15, 0.2) is 0 Å². The first-order chi connectivity index (χ1) is 8.90. The Labute approximate surface area is 115 Å². The topological polar surface area (TPSA) is 66.4 Å². The second-order valence-electron chi connectivity index (χ2n) is 5.05. The van der Waals surface area contributed by atoms with Gasteiger partial charge in [-0.1, -0.05) is 39.3 Å². The molecule has 1 aromatic carbocycles. The van der Waals surface area contributed by atoms with Crippen molar-refractivity contribution in [3.05, 3.63) is 29.8 Å². The predicted octanol–water partition coefficient (Wildman–Crippen LogP) is 1.93. The van der Waals surface area contributed by atoms with Gasteiger partial charge >= 0.3 is 0 Å². The zero-order valence-electron chi connectivity index (χ0n) is 11.8. The molecule has 0 saturated heterocycles. The van der Waals surface area contributed by atoms with Gasteiger partial charge in [0.1, 0.15) is 0 Å². The lowest BCUT2D eigenvalue weighted by molar-refractivity contribution is 0.227. The lowest BCUT2D eigenvalue weighted by Crippen LogP contribution is -2.41. The van der Waals surface area contributed by atoms with Crippen molar-refractivity contribution in [1.29, 1.82) is 0 Å². The van der Waals surface area contributed by atoms with E-state index in [1.54, 1.807) is 12.1 Å². The van der Waals surface area contributed by atoms with Gasteiger partial charge in [-0.15, -0.1) is 0 Å². The Morgan fingerprint density at radius 2 is 1.79 bits per heavy atom. The molecule has 0 spiro atoms. The molecule has 2 N–H and O–H groups in total. The van der Waals surface area contributed by atoms with Crippen LogP contribution in [0.15, 0.2) is 29.2 Å². The van der Waals surface area contributed by atoms with Gasteiger partial charge in [-0.25, -0.2) is 13.1 Å². The summed E-state index contributed by atoms with van der Waals surface area (Å²) in [4.78, 5) is 0.242. The summed E-state index contributed by atoms with van der Waals surface area (Å²) in [5.41, 5.74) is 1.13. The Kier molecular flexibility index (Phi) is 5.97. The number of hydrogen-bond acceptors (Lipinski definition) is 3. The third-order valence-corrected chi connectivity index (χ3v) is 4.59. The Hall–Kier alpha value is -0.910. The highest BCUT2D eigenvalue weighted by molar-refractivity contribution is 7.89. The van der Waals surface area contributed by atoms with Gasteiger partial charge in [-0.3, -0.25) is 0 Å². The largest absolute Gasteiger partial charge is 0.395 e. The fourth-order valence-corrected chi connectivity index (χ4v) is 3.15. The third kappa shape index (κ3) is 4.60. The van der Waals surface area contributed by atoms with Crippen molar-refractivity contribution in [2.45, 2.75) is 44.6 Å². The Morgan fingerprint density at radius 1 is 1.21 bits per heavy atom. The van der Waals surface area contributed by atoms with E-state index in [0.29, 0.717) is 0 Å². The fraction of sp³-hybridized carbons (Fsp3) is 0.571. The van der Waals surface area contributed by atoms with E-state index < -0.39 is 16.1 Å². The van der Waals surface area contributed by atoms with E-state index in [2.05, 4.69) is 11.6 Å². The van der Waals surface area contributed by atoms with E-state index in [9.17, 15) is 13.5 Å². The maximum Gasteiger partial charge on any atom is 0.240 e. The van der Waals surface area contributed by atoms with Gasteiger partial charge in [0, 0.05) is 6.04 Å². The Balaban J connectivity index is 2.87. The molecule has 0 fully saturated rings. The Bertz CT molecular complexity index is 480. The average molecular weight is 285 g/mol. The molecule has 0 aliphatic rings. The minimum atomic E-state index is -3.56. The minimum Gasteiger partial charge on any atom is -0.395 e. The zero-order valence-corrected chi connectivity index (χ0v) is 12.6. The molecular formula is C14H23NO3S. The first-order valence-corrected chi connectivity index (χ1v) is 8.11. The van der Waals surface area contributed by atoms with Crippen LogP contribution in [0.1, 0.15) is 32.8 Å². The van der Waals surface area contributed by atoms with Gasteiger partial charge in [0.25, 0.3) is 0 Å². The van der Waals surface area contributed by atoms with Crippen LogP contribution < -0.4 is 4.72 Å².